The Morgan fingerprint density at radius 1 is 1.24 bits per heavy atom. The molecule has 1 heterocycles. The molecule has 5 nitrogen and oxygen atoms in total. The largest absolute Gasteiger partial charge is 0.417 e. The van der Waals surface area contributed by atoms with Gasteiger partial charge in [-0.2, -0.15) is 13.2 Å². The second-order valence-electron chi connectivity index (χ2n) is 6.17. The van der Waals surface area contributed by atoms with Crippen LogP contribution in [0.15, 0.2) is 53.5 Å². The van der Waals surface area contributed by atoms with E-state index in [4.69, 9.17) is 11.6 Å². The lowest BCUT2D eigenvalue weighted by molar-refractivity contribution is -0.137. The zero-order valence-electron chi connectivity index (χ0n) is 15.0. The van der Waals surface area contributed by atoms with Crippen LogP contribution in [0.25, 0.3) is 0 Å². The quantitative estimate of drug-likeness (QED) is 0.733. The molecule has 1 aliphatic heterocycles. The first-order valence-corrected chi connectivity index (χ1v) is 9.65. The Bertz CT molecular complexity index is 967. The summed E-state index contributed by atoms with van der Waals surface area (Å²) in [4.78, 5) is 30.2. The Balaban J connectivity index is 1.85. The number of halogens is 4. The summed E-state index contributed by atoms with van der Waals surface area (Å²) in [5.41, 5.74) is -0.461. The number of para-hydroxylation sites is 1. The van der Waals surface area contributed by atoms with Crippen LogP contribution in [0.4, 0.5) is 24.5 Å². The van der Waals surface area contributed by atoms with Gasteiger partial charge in [-0.15, -0.1) is 0 Å². The second kappa shape index (κ2) is 8.46. The number of hydrogen-bond acceptors (Lipinski definition) is 4. The van der Waals surface area contributed by atoms with Crippen LogP contribution in [0.2, 0.25) is 5.02 Å². The van der Waals surface area contributed by atoms with Crippen molar-refractivity contribution in [2.75, 3.05) is 12.4 Å². The number of alkyl halides is 3. The lowest BCUT2D eigenvalue weighted by Crippen LogP contribution is -2.43. The fraction of sp³-hybridized carbons (Fsp3) is 0.211. The molecule has 0 unspecified atom stereocenters. The number of amidine groups is 1. The van der Waals surface area contributed by atoms with E-state index in [2.05, 4.69) is 10.3 Å². The third kappa shape index (κ3) is 5.10. The van der Waals surface area contributed by atoms with Crippen LogP contribution < -0.4 is 5.32 Å². The van der Waals surface area contributed by atoms with Crippen LogP contribution in [0.5, 0.6) is 0 Å². The Labute approximate surface area is 173 Å². The molecule has 1 fully saturated rings. The summed E-state index contributed by atoms with van der Waals surface area (Å²) in [6.45, 7) is 0. The highest BCUT2D eigenvalue weighted by molar-refractivity contribution is 8.15. The van der Waals surface area contributed by atoms with Gasteiger partial charge in [0.2, 0.25) is 11.8 Å². The van der Waals surface area contributed by atoms with Crippen molar-refractivity contribution < 1.29 is 22.8 Å². The minimum absolute atomic E-state index is 0.0204. The summed E-state index contributed by atoms with van der Waals surface area (Å²) in [6, 6.07) is 12.0. The Kier molecular flexibility index (Phi) is 6.18. The third-order valence-electron chi connectivity index (χ3n) is 4.08. The zero-order valence-corrected chi connectivity index (χ0v) is 16.6. The fourth-order valence-corrected chi connectivity index (χ4v) is 3.84. The van der Waals surface area contributed by atoms with E-state index in [9.17, 15) is 22.8 Å². The molecule has 2 aromatic carbocycles. The molecule has 29 heavy (non-hydrogen) atoms. The molecule has 0 saturated carbocycles. The standard InChI is InChI=1S/C19H15ClF3N3O2S/c1-26-16(27)10-15(17(28)24-11-5-3-2-4-6-11)29-18(26)25-12-7-8-14(20)13(9-12)19(21,22)23/h2-9,15H,10H2,1H3,(H,24,28)/t15-/m1/s1. The van der Waals surface area contributed by atoms with Crippen molar-refractivity contribution in [2.45, 2.75) is 17.8 Å². The van der Waals surface area contributed by atoms with E-state index in [1.54, 1.807) is 30.3 Å². The molecule has 3 rings (SSSR count). The van der Waals surface area contributed by atoms with Gasteiger partial charge in [-0.1, -0.05) is 41.6 Å². The molecule has 1 saturated heterocycles. The van der Waals surface area contributed by atoms with Gasteiger partial charge in [-0.05, 0) is 30.3 Å². The van der Waals surface area contributed by atoms with E-state index in [0.717, 1.165) is 23.9 Å². The van der Waals surface area contributed by atoms with E-state index < -0.39 is 22.0 Å². The van der Waals surface area contributed by atoms with Crippen molar-refractivity contribution in [2.24, 2.45) is 4.99 Å². The molecule has 1 N–H and O–H groups in total. The molecule has 2 aromatic rings. The molecule has 0 aromatic heterocycles. The number of anilines is 1. The number of thioether (sulfide) groups is 1. The second-order valence-corrected chi connectivity index (χ2v) is 7.75. The number of nitrogens with zero attached hydrogens (tertiary/aromatic N) is 2. The van der Waals surface area contributed by atoms with Gasteiger partial charge in [0.05, 0.1) is 16.3 Å². The number of carbonyl (C=O) groups excluding carboxylic acids is 2. The maximum absolute atomic E-state index is 13.1. The van der Waals surface area contributed by atoms with E-state index in [1.165, 1.54) is 18.0 Å². The van der Waals surface area contributed by atoms with Crippen molar-refractivity contribution in [1.82, 2.24) is 4.90 Å². The molecular weight excluding hydrogens is 427 g/mol. The van der Waals surface area contributed by atoms with Crippen molar-refractivity contribution in [3.8, 4) is 0 Å². The van der Waals surface area contributed by atoms with Crippen LogP contribution in [-0.4, -0.2) is 34.2 Å². The van der Waals surface area contributed by atoms with Crippen molar-refractivity contribution in [1.29, 1.82) is 0 Å². The molecule has 152 valence electrons. The maximum Gasteiger partial charge on any atom is 0.417 e. The molecule has 1 aliphatic rings. The van der Waals surface area contributed by atoms with Crippen molar-refractivity contribution >= 4 is 51.7 Å². The monoisotopic (exact) mass is 441 g/mol. The predicted octanol–water partition coefficient (Wildman–Crippen LogP) is 4.95. The van der Waals surface area contributed by atoms with Crippen LogP contribution in [0.3, 0.4) is 0 Å². The van der Waals surface area contributed by atoms with Crippen LogP contribution in [0, 0.1) is 0 Å². The maximum atomic E-state index is 13.1. The number of hydrogen-bond donors (Lipinski definition) is 1. The number of nitrogens with one attached hydrogen (secondary N) is 1. The smallest absolute Gasteiger partial charge is 0.325 e. The highest BCUT2D eigenvalue weighted by Crippen LogP contribution is 2.37. The lowest BCUT2D eigenvalue weighted by Gasteiger charge is -2.28. The molecule has 0 spiro atoms. The van der Waals surface area contributed by atoms with E-state index in [0.29, 0.717) is 5.69 Å². The Morgan fingerprint density at radius 3 is 2.59 bits per heavy atom. The third-order valence-corrected chi connectivity index (χ3v) is 5.65. The molecule has 2 amide bonds. The highest BCUT2D eigenvalue weighted by Gasteiger charge is 2.35. The molecular formula is C19H15ClF3N3O2S. The number of aliphatic imine (C=N–C) groups is 1. The summed E-state index contributed by atoms with van der Waals surface area (Å²) in [5.74, 6) is -0.747. The van der Waals surface area contributed by atoms with Gasteiger partial charge in [0.15, 0.2) is 5.17 Å². The minimum Gasteiger partial charge on any atom is -0.325 e. The summed E-state index contributed by atoms with van der Waals surface area (Å²) in [7, 11) is 1.46. The molecule has 0 aliphatic carbocycles. The molecule has 1 atom stereocenters. The van der Waals surface area contributed by atoms with Gasteiger partial charge in [0.1, 0.15) is 5.25 Å². The zero-order chi connectivity index (χ0) is 21.2. The number of amides is 2. The minimum atomic E-state index is -4.63. The molecule has 10 heteroatoms. The van der Waals surface area contributed by atoms with E-state index in [-0.39, 0.29) is 29.1 Å². The highest BCUT2D eigenvalue weighted by atomic mass is 35.5. The molecule has 0 radical (unpaired) electrons. The Hall–Kier alpha value is -2.52. The topological polar surface area (TPSA) is 61.8 Å². The lowest BCUT2D eigenvalue weighted by atomic mass is 10.2. The van der Waals surface area contributed by atoms with Gasteiger partial charge < -0.3 is 5.32 Å². The SMILES string of the molecule is CN1C(=O)C[C@H](C(=O)Nc2ccccc2)SC1=Nc1ccc(Cl)c(C(F)(F)F)c1. The van der Waals surface area contributed by atoms with Crippen molar-refractivity contribution in [3.05, 3.63) is 59.1 Å². The summed E-state index contributed by atoms with van der Waals surface area (Å²) >= 11 is 6.64. The van der Waals surface area contributed by atoms with Gasteiger partial charge in [-0.25, -0.2) is 4.99 Å². The van der Waals surface area contributed by atoms with E-state index >= 15 is 0 Å². The predicted molar refractivity (Wildman–Crippen MR) is 107 cm³/mol. The van der Waals surface area contributed by atoms with Crippen LogP contribution in [-0.2, 0) is 15.8 Å². The van der Waals surface area contributed by atoms with Crippen LogP contribution >= 0.6 is 23.4 Å². The normalized spacial score (nSPS) is 18.8. The van der Waals surface area contributed by atoms with Crippen molar-refractivity contribution in [3.63, 3.8) is 0 Å². The first-order chi connectivity index (χ1) is 13.6. The molecule has 0 bridgehead atoms. The summed E-state index contributed by atoms with van der Waals surface area (Å²) < 4.78 is 39.2. The van der Waals surface area contributed by atoms with Gasteiger partial charge in [0.25, 0.3) is 0 Å². The number of benzene rings is 2. The van der Waals surface area contributed by atoms with E-state index in [1.807, 2.05) is 0 Å². The number of carbonyl (C=O) groups is 2. The first-order valence-electron chi connectivity index (χ1n) is 8.39. The number of rotatable bonds is 3. The summed E-state index contributed by atoms with van der Waals surface area (Å²) in [6.07, 6.45) is -4.68. The fourth-order valence-electron chi connectivity index (χ4n) is 2.55. The van der Waals surface area contributed by atoms with Gasteiger partial charge in [-0.3, -0.25) is 14.5 Å². The first kappa shape index (κ1) is 21.2. The van der Waals surface area contributed by atoms with Gasteiger partial charge in [0, 0.05) is 19.2 Å². The average molecular weight is 442 g/mol. The van der Waals surface area contributed by atoms with Crippen LogP contribution in [0.1, 0.15) is 12.0 Å². The Morgan fingerprint density at radius 2 is 1.93 bits per heavy atom. The average Bonchev–Trinajstić information content (AvgIpc) is 2.66. The van der Waals surface area contributed by atoms with Gasteiger partial charge >= 0.3 is 6.18 Å². The summed E-state index contributed by atoms with van der Waals surface area (Å²) in [5, 5.41) is 1.65.